The van der Waals surface area contributed by atoms with E-state index in [9.17, 15) is 18.3 Å². The number of aromatic nitrogens is 2. The van der Waals surface area contributed by atoms with Crippen molar-refractivity contribution < 1.29 is 18.3 Å². The van der Waals surface area contributed by atoms with E-state index >= 15 is 0 Å². The van der Waals surface area contributed by atoms with Gasteiger partial charge in [-0.3, -0.25) is 0 Å². The molecule has 0 amide bonds. The fourth-order valence-corrected chi connectivity index (χ4v) is 4.15. The third kappa shape index (κ3) is 4.49. The van der Waals surface area contributed by atoms with Crippen molar-refractivity contribution in [3.05, 3.63) is 59.3 Å². The molecule has 0 spiro atoms. The molecule has 1 aliphatic rings. The number of nitrogen functional groups attached to an aromatic ring is 1. The minimum atomic E-state index is -4.48. The van der Waals surface area contributed by atoms with Gasteiger partial charge in [0.15, 0.2) is 0 Å². The van der Waals surface area contributed by atoms with Crippen LogP contribution < -0.4 is 11.1 Å². The second kappa shape index (κ2) is 8.22. The third-order valence-corrected chi connectivity index (χ3v) is 6.17. The third-order valence-electron chi connectivity index (χ3n) is 6.17. The lowest BCUT2D eigenvalue weighted by atomic mass is 9.84. The zero-order chi connectivity index (χ0) is 23.1. The van der Waals surface area contributed by atoms with Gasteiger partial charge in [-0.05, 0) is 68.3 Å². The van der Waals surface area contributed by atoms with Gasteiger partial charge in [0.1, 0.15) is 0 Å². The summed E-state index contributed by atoms with van der Waals surface area (Å²) in [5.74, 6) is 0. The Bertz CT molecular complexity index is 1130. The Morgan fingerprint density at radius 1 is 1.16 bits per heavy atom. The Labute approximate surface area is 184 Å². The first-order valence-electron chi connectivity index (χ1n) is 10.5. The van der Waals surface area contributed by atoms with Crippen LogP contribution in [-0.4, -0.2) is 40.3 Å². The minimum absolute atomic E-state index is 0.0490. The molecule has 170 valence electrons. The summed E-state index contributed by atoms with van der Waals surface area (Å²) in [6.45, 7) is 3.35. The number of benzene rings is 2. The molecule has 1 fully saturated rings. The van der Waals surface area contributed by atoms with Crippen LogP contribution in [0.1, 0.15) is 42.5 Å². The van der Waals surface area contributed by atoms with Gasteiger partial charge in [0, 0.05) is 30.2 Å². The van der Waals surface area contributed by atoms with Crippen LogP contribution in [-0.2, 0) is 11.8 Å². The van der Waals surface area contributed by atoms with E-state index in [1.54, 1.807) is 6.92 Å². The molecule has 0 unspecified atom stereocenters. The Hall–Kier alpha value is -2.91. The SMILES string of the molecule is C[C@@H](Nc1cnnc2ccc(C3(O)CCN(C)CC3)cc12)c1cc(N)cc(C(F)(F)F)c1. The highest BCUT2D eigenvalue weighted by molar-refractivity contribution is 5.91. The number of nitrogens with one attached hydrogen (secondary N) is 1. The van der Waals surface area contributed by atoms with Crippen molar-refractivity contribution in [1.29, 1.82) is 0 Å². The molecule has 2 aromatic carbocycles. The van der Waals surface area contributed by atoms with Gasteiger partial charge in [0.25, 0.3) is 0 Å². The lowest BCUT2D eigenvalue weighted by Gasteiger charge is -2.37. The molecule has 3 aromatic rings. The Kier molecular flexibility index (Phi) is 5.72. The van der Waals surface area contributed by atoms with Crippen LogP contribution >= 0.6 is 0 Å². The van der Waals surface area contributed by atoms with Crippen molar-refractivity contribution in [2.24, 2.45) is 0 Å². The molecule has 2 heterocycles. The van der Waals surface area contributed by atoms with E-state index in [-0.39, 0.29) is 5.69 Å². The van der Waals surface area contributed by atoms with Crippen LogP contribution in [0.25, 0.3) is 10.9 Å². The van der Waals surface area contributed by atoms with Crippen LogP contribution in [0.5, 0.6) is 0 Å². The molecule has 0 radical (unpaired) electrons. The molecule has 1 saturated heterocycles. The zero-order valence-electron chi connectivity index (χ0n) is 17.9. The molecular weight excluding hydrogens is 419 g/mol. The number of piperidine rings is 1. The van der Waals surface area contributed by atoms with E-state index in [1.165, 1.54) is 12.3 Å². The predicted octanol–water partition coefficient (Wildman–Crippen LogP) is 4.32. The topological polar surface area (TPSA) is 87.3 Å². The second-order valence-corrected chi connectivity index (χ2v) is 8.58. The molecule has 0 bridgehead atoms. The summed E-state index contributed by atoms with van der Waals surface area (Å²) >= 11 is 0. The normalized spacial score (nSPS) is 17.9. The summed E-state index contributed by atoms with van der Waals surface area (Å²) in [5.41, 5.74) is 6.52. The number of anilines is 2. The fraction of sp³-hybridized carbons (Fsp3) is 0.391. The summed E-state index contributed by atoms with van der Waals surface area (Å²) in [5, 5.41) is 23.4. The van der Waals surface area contributed by atoms with Crippen LogP contribution in [0.4, 0.5) is 24.5 Å². The molecule has 32 heavy (non-hydrogen) atoms. The molecule has 0 saturated carbocycles. The monoisotopic (exact) mass is 445 g/mol. The van der Waals surface area contributed by atoms with Gasteiger partial charge in [-0.2, -0.15) is 23.4 Å². The molecule has 0 aliphatic carbocycles. The number of nitrogens with zero attached hydrogens (tertiary/aromatic N) is 3. The summed E-state index contributed by atoms with van der Waals surface area (Å²) in [6.07, 6.45) is -1.70. The van der Waals surface area contributed by atoms with Crippen molar-refractivity contribution in [3.63, 3.8) is 0 Å². The molecule has 9 heteroatoms. The first kappa shape index (κ1) is 22.3. The van der Waals surface area contributed by atoms with Gasteiger partial charge in [-0.15, -0.1) is 0 Å². The summed E-state index contributed by atoms with van der Waals surface area (Å²) < 4.78 is 39.6. The van der Waals surface area contributed by atoms with Crippen molar-refractivity contribution in [2.45, 2.75) is 37.6 Å². The molecule has 1 aromatic heterocycles. The van der Waals surface area contributed by atoms with Gasteiger partial charge >= 0.3 is 6.18 Å². The van der Waals surface area contributed by atoms with E-state index in [1.807, 2.05) is 25.2 Å². The second-order valence-electron chi connectivity index (χ2n) is 8.58. The van der Waals surface area contributed by atoms with Crippen LogP contribution in [0.3, 0.4) is 0 Å². The van der Waals surface area contributed by atoms with Crippen molar-refractivity contribution >= 4 is 22.3 Å². The highest BCUT2D eigenvalue weighted by atomic mass is 19.4. The number of alkyl halides is 3. The molecule has 4 N–H and O–H groups in total. The lowest BCUT2D eigenvalue weighted by Crippen LogP contribution is -2.40. The van der Waals surface area contributed by atoms with Gasteiger partial charge < -0.3 is 21.1 Å². The van der Waals surface area contributed by atoms with Crippen molar-refractivity contribution in [1.82, 2.24) is 15.1 Å². The smallest absolute Gasteiger partial charge is 0.399 e. The average molecular weight is 445 g/mol. The lowest BCUT2D eigenvalue weighted by molar-refractivity contribution is -0.137. The Morgan fingerprint density at radius 3 is 2.56 bits per heavy atom. The molecule has 1 aliphatic heterocycles. The summed E-state index contributed by atoms with van der Waals surface area (Å²) in [4.78, 5) is 2.18. The summed E-state index contributed by atoms with van der Waals surface area (Å²) in [7, 11) is 2.03. The maximum atomic E-state index is 13.2. The number of aliphatic hydroxyl groups is 1. The van der Waals surface area contributed by atoms with Crippen molar-refractivity contribution in [2.75, 3.05) is 31.2 Å². The summed E-state index contributed by atoms with van der Waals surface area (Å²) in [6, 6.07) is 8.64. The number of halogens is 3. The van der Waals surface area contributed by atoms with E-state index in [0.29, 0.717) is 29.6 Å². The van der Waals surface area contributed by atoms with Crippen LogP contribution in [0, 0.1) is 0 Å². The molecule has 1 atom stereocenters. The van der Waals surface area contributed by atoms with E-state index < -0.39 is 23.4 Å². The van der Waals surface area contributed by atoms with Crippen LogP contribution in [0.15, 0.2) is 42.6 Å². The quantitative estimate of drug-likeness (QED) is 0.519. The minimum Gasteiger partial charge on any atom is -0.399 e. The zero-order valence-corrected chi connectivity index (χ0v) is 17.9. The maximum absolute atomic E-state index is 13.2. The van der Waals surface area contributed by atoms with E-state index in [0.717, 1.165) is 36.2 Å². The number of rotatable bonds is 4. The van der Waals surface area contributed by atoms with Gasteiger partial charge in [-0.25, -0.2) is 0 Å². The Balaban J connectivity index is 1.67. The molecule has 6 nitrogen and oxygen atoms in total. The largest absolute Gasteiger partial charge is 0.416 e. The average Bonchev–Trinajstić information content (AvgIpc) is 2.75. The molecular formula is C23H26F3N5O. The van der Waals surface area contributed by atoms with Gasteiger partial charge in [0.05, 0.1) is 28.6 Å². The number of fused-ring (bicyclic) bond motifs is 1. The standard InChI is InChI=1S/C23H26F3N5O/c1-14(15-9-17(23(24,25)26)11-18(27)10-15)29-21-13-28-30-20-4-3-16(12-19(20)21)22(32)5-7-31(2)8-6-22/h3-4,9-14,32H,5-8,27H2,1-2H3,(H,29,30)/t14-/m1/s1. The van der Waals surface area contributed by atoms with E-state index in [2.05, 4.69) is 20.4 Å². The Morgan fingerprint density at radius 2 is 1.88 bits per heavy atom. The highest BCUT2D eigenvalue weighted by Gasteiger charge is 2.33. The highest BCUT2D eigenvalue weighted by Crippen LogP contribution is 2.36. The predicted molar refractivity (Wildman–Crippen MR) is 118 cm³/mol. The van der Waals surface area contributed by atoms with Gasteiger partial charge in [0.2, 0.25) is 0 Å². The number of likely N-dealkylation sites (tertiary alicyclic amines) is 1. The number of hydrogen-bond donors (Lipinski definition) is 3. The first-order valence-corrected chi connectivity index (χ1v) is 10.5. The fourth-order valence-electron chi connectivity index (χ4n) is 4.15. The van der Waals surface area contributed by atoms with Gasteiger partial charge in [-0.1, -0.05) is 6.07 Å². The maximum Gasteiger partial charge on any atom is 0.416 e. The molecule has 4 rings (SSSR count). The first-order chi connectivity index (χ1) is 15.0. The van der Waals surface area contributed by atoms with E-state index in [4.69, 9.17) is 5.73 Å². The van der Waals surface area contributed by atoms with Crippen LogP contribution in [0.2, 0.25) is 0 Å². The number of nitrogens with two attached hydrogens (primary N) is 1. The number of hydrogen-bond acceptors (Lipinski definition) is 6. The van der Waals surface area contributed by atoms with Crippen molar-refractivity contribution in [3.8, 4) is 0 Å².